The summed E-state index contributed by atoms with van der Waals surface area (Å²) in [5.41, 5.74) is 16.1. The van der Waals surface area contributed by atoms with E-state index in [1.165, 1.54) is 86.8 Å². The summed E-state index contributed by atoms with van der Waals surface area (Å²) in [5, 5.41) is 6.22. The summed E-state index contributed by atoms with van der Waals surface area (Å²) < 4.78 is 4.86. The van der Waals surface area contributed by atoms with Crippen LogP contribution < -0.4 is 0 Å². The highest BCUT2D eigenvalue weighted by Crippen LogP contribution is 2.55. The van der Waals surface area contributed by atoms with Gasteiger partial charge in [-0.15, -0.1) is 0 Å². The molecular formula is C54H33N3S. The van der Waals surface area contributed by atoms with Crippen LogP contribution in [0.1, 0.15) is 22.6 Å². The zero-order chi connectivity index (χ0) is 37.9. The molecule has 0 aliphatic carbocycles. The molecule has 58 heavy (non-hydrogen) atoms. The van der Waals surface area contributed by atoms with E-state index in [-0.39, 0.29) is 5.92 Å². The van der Waals surface area contributed by atoms with Crippen molar-refractivity contribution in [2.24, 2.45) is 0 Å². The SMILES string of the molecule is c1ccc(-c2cc(-n3c4ccccc4c4cc(-c5ccc6c(c5)Sc5c(c7c8ccccc8c8cccc5n87)C6c5ccccc5)ccc43)nc3ccccc23)cc1. The van der Waals surface area contributed by atoms with E-state index in [2.05, 4.69) is 203 Å². The molecule has 0 fully saturated rings. The van der Waals surface area contributed by atoms with Gasteiger partial charge in [0.2, 0.25) is 0 Å². The topological polar surface area (TPSA) is 22.2 Å². The fourth-order valence-corrected chi connectivity index (χ4v) is 11.2. The quantitative estimate of drug-likeness (QED) is 0.178. The first-order valence-corrected chi connectivity index (χ1v) is 20.7. The lowest BCUT2D eigenvalue weighted by Crippen LogP contribution is -2.09. The predicted molar refractivity (Wildman–Crippen MR) is 242 cm³/mol. The molecule has 0 saturated carbocycles. The van der Waals surface area contributed by atoms with Crippen molar-refractivity contribution in [2.75, 3.05) is 0 Å². The predicted octanol–water partition coefficient (Wildman–Crippen LogP) is 14.3. The number of pyridine rings is 2. The van der Waals surface area contributed by atoms with Gasteiger partial charge in [-0.2, -0.15) is 0 Å². The summed E-state index contributed by atoms with van der Waals surface area (Å²) in [5.74, 6) is 1.04. The minimum Gasteiger partial charge on any atom is -0.308 e. The molecule has 1 aliphatic rings. The number of hydrogen-bond acceptors (Lipinski definition) is 2. The number of fused-ring (bicyclic) bond motifs is 11. The first-order chi connectivity index (χ1) is 28.8. The van der Waals surface area contributed by atoms with Crippen LogP contribution >= 0.6 is 11.8 Å². The zero-order valence-corrected chi connectivity index (χ0v) is 32.1. The zero-order valence-electron chi connectivity index (χ0n) is 31.3. The van der Waals surface area contributed by atoms with Gasteiger partial charge >= 0.3 is 0 Å². The average molecular weight is 756 g/mol. The molecule has 13 rings (SSSR count). The molecule has 0 radical (unpaired) electrons. The van der Waals surface area contributed by atoms with Crippen molar-refractivity contribution >= 4 is 71.8 Å². The van der Waals surface area contributed by atoms with E-state index in [9.17, 15) is 0 Å². The Balaban J connectivity index is 0.992. The van der Waals surface area contributed by atoms with Gasteiger partial charge in [0.25, 0.3) is 0 Å². The number of para-hydroxylation sites is 2. The summed E-state index contributed by atoms with van der Waals surface area (Å²) in [4.78, 5) is 7.96. The highest BCUT2D eigenvalue weighted by Gasteiger charge is 2.34. The van der Waals surface area contributed by atoms with Gasteiger partial charge in [-0.1, -0.05) is 157 Å². The van der Waals surface area contributed by atoms with Crippen molar-refractivity contribution < 1.29 is 0 Å². The average Bonchev–Trinajstić information content (AvgIpc) is 3.93. The van der Waals surface area contributed by atoms with Gasteiger partial charge in [-0.25, -0.2) is 4.98 Å². The van der Waals surface area contributed by atoms with Crippen molar-refractivity contribution in [3.05, 3.63) is 211 Å². The fraction of sp³-hybridized carbons (Fsp3) is 0.0185. The van der Waals surface area contributed by atoms with Crippen LogP contribution in [0.4, 0.5) is 0 Å². The van der Waals surface area contributed by atoms with Gasteiger partial charge in [0.1, 0.15) is 5.82 Å². The lowest BCUT2D eigenvalue weighted by molar-refractivity contribution is 0.923. The van der Waals surface area contributed by atoms with Crippen molar-refractivity contribution in [3.8, 4) is 28.1 Å². The lowest BCUT2D eigenvalue weighted by atomic mass is 9.84. The molecule has 0 N–H and O–H groups in total. The molecule has 0 spiro atoms. The van der Waals surface area contributed by atoms with Gasteiger partial charge in [0.15, 0.2) is 0 Å². The molecule has 12 aromatic rings. The van der Waals surface area contributed by atoms with Crippen LogP contribution in [0.25, 0.3) is 88.1 Å². The largest absolute Gasteiger partial charge is 0.308 e. The molecule has 5 aromatic heterocycles. The maximum atomic E-state index is 5.29. The highest BCUT2D eigenvalue weighted by atomic mass is 32.2. The van der Waals surface area contributed by atoms with Gasteiger partial charge in [-0.05, 0) is 81.9 Å². The fourth-order valence-electron chi connectivity index (χ4n) is 9.89. The summed E-state index contributed by atoms with van der Waals surface area (Å²) in [7, 11) is 0. The van der Waals surface area contributed by atoms with Crippen molar-refractivity contribution in [3.63, 3.8) is 0 Å². The minimum atomic E-state index is 0.117. The summed E-state index contributed by atoms with van der Waals surface area (Å²) >= 11 is 1.93. The Morgan fingerprint density at radius 1 is 0.448 bits per heavy atom. The summed E-state index contributed by atoms with van der Waals surface area (Å²) in [6, 6.07) is 71.1. The highest BCUT2D eigenvalue weighted by molar-refractivity contribution is 7.99. The molecule has 3 nitrogen and oxygen atoms in total. The summed E-state index contributed by atoms with van der Waals surface area (Å²) in [6.07, 6.45) is 0. The molecule has 270 valence electrons. The Morgan fingerprint density at radius 2 is 1.09 bits per heavy atom. The number of aromatic nitrogens is 3. The molecule has 0 amide bonds. The Hall–Kier alpha value is -7.14. The normalized spacial score (nSPS) is 14.0. The van der Waals surface area contributed by atoms with Gasteiger partial charge in [0.05, 0.1) is 33.1 Å². The molecule has 6 heterocycles. The molecular weight excluding hydrogens is 723 g/mol. The standard InChI is InChI=1S/C54H33N3S/c1-3-14-33(15-4-1)42-32-50(55-44-22-11-9-18-37(42)44)56-45-23-12-10-20-39(45)43-30-35(27-29-47(43)56)36-26-28-41-49(31-36)58-54-48-25-13-24-46-38-19-7-8-21-40(38)53(57(46)48)52(54)51(41)34-16-5-2-6-17-34/h1-32,51H. The van der Waals surface area contributed by atoms with Gasteiger partial charge in [0, 0.05) is 48.2 Å². The van der Waals surface area contributed by atoms with E-state index >= 15 is 0 Å². The molecule has 1 aliphatic heterocycles. The van der Waals surface area contributed by atoms with Gasteiger partial charge in [-0.3, -0.25) is 4.57 Å². The third-order valence-corrected chi connectivity index (χ3v) is 13.6. The van der Waals surface area contributed by atoms with E-state index < -0.39 is 0 Å². The number of nitrogens with zero attached hydrogens (tertiary/aromatic N) is 3. The van der Waals surface area contributed by atoms with Crippen LogP contribution in [-0.2, 0) is 0 Å². The van der Waals surface area contributed by atoms with Crippen LogP contribution in [0.2, 0.25) is 0 Å². The van der Waals surface area contributed by atoms with Crippen LogP contribution in [0, 0.1) is 0 Å². The molecule has 1 atom stereocenters. The van der Waals surface area contributed by atoms with Crippen molar-refractivity contribution in [2.45, 2.75) is 15.7 Å². The van der Waals surface area contributed by atoms with E-state index in [0.29, 0.717) is 0 Å². The number of rotatable bonds is 4. The lowest BCUT2D eigenvalue weighted by Gasteiger charge is -2.27. The third kappa shape index (κ3) is 4.49. The van der Waals surface area contributed by atoms with E-state index in [1.54, 1.807) is 0 Å². The minimum absolute atomic E-state index is 0.117. The second-order valence-corrected chi connectivity index (χ2v) is 16.5. The smallest absolute Gasteiger partial charge is 0.138 e. The third-order valence-electron chi connectivity index (χ3n) is 12.4. The van der Waals surface area contributed by atoms with E-state index in [1.807, 2.05) is 11.8 Å². The molecule has 7 aromatic carbocycles. The van der Waals surface area contributed by atoms with Crippen LogP contribution in [-0.4, -0.2) is 14.0 Å². The van der Waals surface area contributed by atoms with Crippen LogP contribution in [0.3, 0.4) is 0 Å². The molecule has 0 bridgehead atoms. The summed E-state index contributed by atoms with van der Waals surface area (Å²) in [6.45, 7) is 0. The van der Waals surface area contributed by atoms with E-state index in [0.717, 1.165) is 27.8 Å². The Labute approximate surface area is 338 Å². The Kier molecular flexibility index (Phi) is 6.72. The molecule has 0 saturated heterocycles. The van der Waals surface area contributed by atoms with Crippen LogP contribution in [0.5, 0.6) is 0 Å². The second-order valence-electron chi connectivity index (χ2n) is 15.5. The van der Waals surface area contributed by atoms with Crippen molar-refractivity contribution in [1.29, 1.82) is 0 Å². The van der Waals surface area contributed by atoms with Gasteiger partial charge < -0.3 is 4.40 Å². The van der Waals surface area contributed by atoms with E-state index in [4.69, 9.17) is 4.98 Å². The second kappa shape index (κ2) is 12.2. The van der Waals surface area contributed by atoms with Crippen molar-refractivity contribution in [1.82, 2.24) is 14.0 Å². The first kappa shape index (κ1) is 32.0. The maximum absolute atomic E-state index is 5.29. The van der Waals surface area contributed by atoms with Crippen LogP contribution in [0.15, 0.2) is 204 Å². The first-order valence-electron chi connectivity index (χ1n) is 19.9. The monoisotopic (exact) mass is 755 g/mol. The molecule has 1 unspecified atom stereocenters. The number of benzene rings is 7. The Morgan fingerprint density at radius 3 is 1.93 bits per heavy atom. The Bertz CT molecular complexity index is 3600. The maximum Gasteiger partial charge on any atom is 0.138 e. The number of hydrogen-bond donors (Lipinski definition) is 0. The molecule has 4 heteroatoms.